The highest BCUT2D eigenvalue weighted by atomic mass is 35.5. The number of nitrogens with zero attached hydrogens (tertiary/aromatic N) is 2. The predicted octanol–water partition coefficient (Wildman–Crippen LogP) is 2.16. The second-order valence-corrected chi connectivity index (χ2v) is 11.0. The zero-order chi connectivity index (χ0) is 27.9. The largest absolute Gasteiger partial charge is 0.502 e. The number of phenols is 1. The maximum absolute atomic E-state index is 13.6. The smallest absolute Gasteiger partial charge is 0.423 e. The zero-order valence-corrected chi connectivity index (χ0v) is 22.3. The topological polar surface area (TPSA) is 140 Å². The predicted molar refractivity (Wildman–Crippen MR) is 131 cm³/mol. The van der Waals surface area contributed by atoms with Gasteiger partial charge in [-0.2, -0.15) is 4.90 Å². The number of phenolic OH excluding ortho intramolecular Hbond substituents is 1. The van der Waals surface area contributed by atoms with Gasteiger partial charge in [-0.1, -0.05) is 11.6 Å². The van der Waals surface area contributed by atoms with Crippen molar-refractivity contribution in [2.24, 2.45) is 17.8 Å². The molecule has 2 saturated heterocycles. The fourth-order valence-corrected chi connectivity index (χ4v) is 7.49. The molecule has 38 heavy (non-hydrogen) atoms. The summed E-state index contributed by atoms with van der Waals surface area (Å²) in [6.07, 6.45) is 0.467. The van der Waals surface area contributed by atoms with E-state index in [0.717, 1.165) is 12.0 Å². The number of benzene rings is 1. The summed E-state index contributed by atoms with van der Waals surface area (Å²) >= 11 is 14.2. The first kappa shape index (κ1) is 26.3. The standard InChI is InChI=1S/C25H24Cl2N2O9/c1-28-21(33)24(26)9-13-11(5-6-12-16(13)20(32)29(19(12)31)23(35)38-4)17(25(24,27)22(28)34)10-7-14(36-2)18(30)15(8-10)37-3/h5,7-8,12-13,16-17,30H,6,9H2,1-4H3. The molecule has 202 valence electrons. The lowest BCUT2D eigenvalue weighted by atomic mass is 9.56. The SMILES string of the molecule is COC(=O)N1C(=O)C2CC=C3C(CC4(Cl)C(=O)N(C)C(=O)C4(Cl)C3c3cc(OC)c(O)c(OC)c3)C2C1=O. The zero-order valence-electron chi connectivity index (χ0n) is 20.8. The van der Waals surface area contributed by atoms with Crippen LogP contribution in [-0.4, -0.2) is 82.8 Å². The number of fused-ring (bicyclic) bond motifs is 4. The lowest BCUT2D eigenvalue weighted by molar-refractivity contribution is -0.139. The Hall–Kier alpha value is -3.31. The molecule has 2 heterocycles. The maximum atomic E-state index is 13.6. The van der Waals surface area contributed by atoms with Gasteiger partial charge in [-0.15, -0.1) is 23.2 Å². The van der Waals surface area contributed by atoms with Crippen LogP contribution in [0.5, 0.6) is 17.2 Å². The molecule has 1 aromatic rings. The average Bonchev–Trinajstić information content (AvgIpc) is 3.23. The van der Waals surface area contributed by atoms with Crippen LogP contribution in [0.4, 0.5) is 4.79 Å². The van der Waals surface area contributed by atoms with Crippen LogP contribution in [0.25, 0.3) is 0 Å². The summed E-state index contributed by atoms with van der Waals surface area (Å²) in [5.41, 5.74) is 0.848. The van der Waals surface area contributed by atoms with Crippen LogP contribution in [0.1, 0.15) is 24.3 Å². The van der Waals surface area contributed by atoms with E-state index in [2.05, 4.69) is 4.74 Å². The first-order valence-electron chi connectivity index (χ1n) is 11.7. The lowest BCUT2D eigenvalue weighted by Gasteiger charge is -2.50. The van der Waals surface area contributed by atoms with Crippen LogP contribution in [0.3, 0.4) is 0 Å². The van der Waals surface area contributed by atoms with Crippen molar-refractivity contribution in [3.8, 4) is 17.2 Å². The van der Waals surface area contributed by atoms with Crippen molar-refractivity contribution < 1.29 is 43.3 Å². The number of amides is 5. The summed E-state index contributed by atoms with van der Waals surface area (Å²) in [6, 6.07) is 2.91. The summed E-state index contributed by atoms with van der Waals surface area (Å²) in [7, 11) is 5.00. The number of methoxy groups -OCH3 is 3. The second kappa shape index (κ2) is 8.60. The van der Waals surface area contributed by atoms with Crippen LogP contribution in [0, 0.1) is 17.8 Å². The molecule has 6 atom stereocenters. The summed E-state index contributed by atoms with van der Waals surface area (Å²) < 4.78 is 15.2. The number of carbonyl (C=O) groups is 5. The van der Waals surface area contributed by atoms with E-state index in [-0.39, 0.29) is 30.1 Å². The van der Waals surface area contributed by atoms with E-state index in [9.17, 15) is 29.1 Å². The van der Waals surface area contributed by atoms with E-state index < -0.39 is 63.1 Å². The van der Waals surface area contributed by atoms with E-state index >= 15 is 0 Å². The van der Waals surface area contributed by atoms with Crippen molar-refractivity contribution in [2.45, 2.75) is 28.5 Å². The number of hydrogen-bond acceptors (Lipinski definition) is 9. The fourth-order valence-electron chi connectivity index (χ4n) is 6.47. The third-order valence-corrected chi connectivity index (χ3v) is 9.62. The molecule has 5 rings (SSSR count). The van der Waals surface area contributed by atoms with Gasteiger partial charge in [0.1, 0.15) is 0 Å². The molecule has 5 amide bonds. The molecule has 11 nitrogen and oxygen atoms in total. The van der Waals surface area contributed by atoms with E-state index in [1.807, 2.05) is 0 Å². The minimum absolute atomic E-state index is 0.0188. The Morgan fingerprint density at radius 2 is 1.61 bits per heavy atom. The maximum Gasteiger partial charge on any atom is 0.423 e. The van der Waals surface area contributed by atoms with E-state index in [0.29, 0.717) is 16.0 Å². The van der Waals surface area contributed by atoms with Crippen LogP contribution < -0.4 is 9.47 Å². The number of likely N-dealkylation sites (tertiary alicyclic amines) is 2. The van der Waals surface area contributed by atoms with Crippen molar-refractivity contribution in [1.82, 2.24) is 9.80 Å². The molecule has 4 aliphatic rings. The number of ether oxygens (including phenoxy) is 3. The summed E-state index contributed by atoms with van der Waals surface area (Å²) in [5.74, 6) is -7.02. The Bertz CT molecular complexity index is 1320. The Morgan fingerprint density at radius 1 is 1.00 bits per heavy atom. The molecular weight excluding hydrogens is 543 g/mol. The minimum atomic E-state index is -2.02. The molecule has 2 aliphatic heterocycles. The van der Waals surface area contributed by atoms with Gasteiger partial charge in [0, 0.05) is 13.0 Å². The molecule has 1 N–H and O–H groups in total. The Morgan fingerprint density at radius 3 is 2.16 bits per heavy atom. The third kappa shape index (κ3) is 3.05. The molecule has 0 aromatic heterocycles. The van der Waals surface area contributed by atoms with Gasteiger partial charge < -0.3 is 19.3 Å². The highest BCUT2D eigenvalue weighted by Gasteiger charge is 2.76. The normalized spacial score (nSPS) is 34.0. The molecule has 1 aromatic carbocycles. The van der Waals surface area contributed by atoms with Crippen molar-refractivity contribution in [3.63, 3.8) is 0 Å². The van der Waals surface area contributed by atoms with Gasteiger partial charge >= 0.3 is 6.09 Å². The van der Waals surface area contributed by atoms with E-state index in [1.54, 1.807) is 6.08 Å². The number of allylic oxidation sites excluding steroid dienone is 2. The van der Waals surface area contributed by atoms with Crippen molar-refractivity contribution in [1.29, 1.82) is 0 Å². The molecule has 13 heteroatoms. The van der Waals surface area contributed by atoms with Crippen molar-refractivity contribution >= 4 is 52.9 Å². The Kier molecular flexibility index (Phi) is 5.96. The van der Waals surface area contributed by atoms with Crippen LogP contribution in [-0.2, 0) is 23.9 Å². The van der Waals surface area contributed by atoms with Crippen molar-refractivity contribution in [2.75, 3.05) is 28.4 Å². The number of carbonyl (C=O) groups excluding carboxylic acids is 5. The molecule has 0 bridgehead atoms. The van der Waals surface area contributed by atoms with Gasteiger partial charge in [0.25, 0.3) is 11.8 Å². The van der Waals surface area contributed by atoms with Gasteiger partial charge in [0.05, 0.1) is 33.2 Å². The summed E-state index contributed by atoms with van der Waals surface area (Å²) in [4.78, 5) is 63.1. The lowest BCUT2D eigenvalue weighted by Crippen LogP contribution is -2.60. The van der Waals surface area contributed by atoms with Crippen LogP contribution in [0.2, 0.25) is 0 Å². The highest BCUT2D eigenvalue weighted by Crippen LogP contribution is 2.65. The van der Waals surface area contributed by atoms with Crippen LogP contribution in [0.15, 0.2) is 23.8 Å². The van der Waals surface area contributed by atoms with Gasteiger partial charge in [0.2, 0.25) is 17.6 Å². The molecule has 6 unspecified atom stereocenters. The number of halogens is 2. The quantitative estimate of drug-likeness (QED) is 0.331. The minimum Gasteiger partial charge on any atom is -0.502 e. The number of aromatic hydroxyl groups is 1. The molecule has 0 radical (unpaired) electrons. The third-order valence-electron chi connectivity index (χ3n) is 8.21. The number of imide groups is 4. The van der Waals surface area contributed by atoms with E-state index in [1.165, 1.54) is 33.4 Å². The summed E-state index contributed by atoms with van der Waals surface area (Å²) in [6.45, 7) is 0. The number of hydrogen-bond donors (Lipinski definition) is 1. The number of rotatable bonds is 3. The Balaban J connectivity index is 1.75. The fraction of sp³-hybridized carbons (Fsp3) is 0.480. The monoisotopic (exact) mass is 566 g/mol. The molecular formula is C25H24Cl2N2O9. The van der Waals surface area contributed by atoms with Gasteiger partial charge in [-0.25, -0.2) is 4.79 Å². The second-order valence-electron chi connectivity index (χ2n) is 9.75. The Labute approximate surface area is 227 Å². The van der Waals surface area contributed by atoms with Gasteiger partial charge in [0.15, 0.2) is 21.2 Å². The molecule has 2 aliphatic carbocycles. The van der Waals surface area contributed by atoms with Crippen molar-refractivity contribution in [3.05, 3.63) is 29.3 Å². The summed E-state index contributed by atoms with van der Waals surface area (Å²) in [5, 5.41) is 10.5. The van der Waals surface area contributed by atoms with E-state index in [4.69, 9.17) is 32.7 Å². The highest BCUT2D eigenvalue weighted by molar-refractivity contribution is 6.53. The molecule has 1 saturated carbocycles. The average molecular weight is 567 g/mol. The first-order chi connectivity index (χ1) is 17.9. The van der Waals surface area contributed by atoms with Gasteiger partial charge in [-0.3, -0.25) is 24.1 Å². The van der Waals surface area contributed by atoms with Gasteiger partial charge in [-0.05, 0) is 36.5 Å². The molecule has 3 fully saturated rings. The number of alkyl halides is 2. The molecule has 0 spiro atoms. The first-order valence-corrected chi connectivity index (χ1v) is 12.5. The van der Waals surface area contributed by atoms with Crippen LogP contribution >= 0.6 is 23.2 Å².